The lowest BCUT2D eigenvalue weighted by Crippen LogP contribution is -2.21. The Labute approximate surface area is 190 Å². The van der Waals surface area contributed by atoms with Crippen molar-refractivity contribution in [3.63, 3.8) is 0 Å². The first-order chi connectivity index (χ1) is 14.3. The van der Waals surface area contributed by atoms with E-state index in [1.54, 1.807) is 24.3 Å². The second-order valence-corrected chi connectivity index (χ2v) is 8.43. The summed E-state index contributed by atoms with van der Waals surface area (Å²) in [6.45, 7) is 0. The first kappa shape index (κ1) is 23.0. The van der Waals surface area contributed by atoms with Crippen LogP contribution in [0.3, 0.4) is 0 Å². The zero-order chi connectivity index (χ0) is 21.8. The van der Waals surface area contributed by atoms with Gasteiger partial charge in [0.2, 0.25) is 0 Å². The Morgan fingerprint density at radius 2 is 1.77 bits per heavy atom. The van der Waals surface area contributed by atoms with Gasteiger partial charge in [-0.05, 0) is 53.9 Å². The van der Waals surface area contributed by atoms with Crippen LogP contribution in [-0.4, -0.2) is 14.6 Å². The van der Waals surface area contributed by atoms with Crippen molar-refractivity contribution in [1.82, 2.24) is 0 Å². The van der Waals surface area contributed by atoms with Crippen LogP contribution in [-0.2, 0) is 17.7 Å². The molecule has 0 aromatic heterocycles. The Hall–Kier alpha value is -1.70. The summed E-state index contributed by atoms with van der Waals surface area (Å²) < 4.78 is 51.9. The lowest BCUT2D eigenvalue weighted by molar-refractivity contribution is 0.534. The molecule has 3 aromatic carbocycles. The van der Waals surface area contributed by atoms with Gasteiger partial charge in [0.05, 0.1) is 32.7 Å². The fourth-order valence-corrected chi connectivity index (χ4v) is 4.26. The molecule has 0 N–H and O–H groups in total. The highest BCUT2D eigenvalue weighted by Crippen LogP contribution is 2.33. The van der Waals surface area contributed by atoms with Crippen LogP contribution in [0.1, 0.15) is 17.0 Å². The summed E-state index contributed by atoms with van der Waals surface area (Å²) in [6, 6.07) is 14.6. The van der Waals surface area contributed by atoms with Crippen LogP contribution >= 0.6 is 34.8 Å². The van der Waals surface area contributed by atoms with Gasteiger partial charge in [0.25, 0.3) is 0 Å². The van der Waals surface area contributed by atoms with E-state index in [0.29, 0.717) is 28.4 Å². The topological polar surface area (TPSA) is 43.4 Å². The summed E-state index contributed by atoms with van der Waals surface area (Å²) in [4.78, 5) is 0. The van der Waals surface area contributed by atoms with E-state index in [-0.39, 0.29) is 17.3 Å². The molecular weight excluding hydrogens is 475 g/mol. The number of rotatable bonds is 7. The third kappa shape index (κ3) is 5.31. The largest absolute Gasteiger partial charge is 0.755 e. The van der Waals surface area contributed by atoms with E-state index in [1.807, 2.05) is 12.1 Å². The number of halogens is 5. The van der Waals surface area contributed by atoms with E-state index in [0.717, 1.165) is 27.6 Å². The maximum Gasteiger partial charge on any atom is 0.150 e. The van der Waals surface area contributed by atoms with Crippen molar-refractivity contribution in [1.29, 1.82) is 0 Å². The standard InChI is InChI=1S/C21H16Cl3F2NO2S/c22-12-15(14-4-6-18(23)19(24)10-14)8-13-2-1-3-17(9-13)27(30(28)29)21-7-5-16(25)11-20(21)26/h1-7,9-11,15H,8,12H2,(H,28,29)/p-1. The quantitative estimate of drug-likeness (QED) is 0.271. The van der Waals surface area contributed by atoms with Crippen LogP contribution in [0, 0.1) is 11.6 Å². The van der Waals surface area contributed by atoms with Crippen molar-refractivity contribution in [2.75, 3.05) is 10.2 Å². The van der Waals surface area contributed by atoms with Gasteiger partial charge in [-0.3, -0.25) is 8.51 Å². The zero-order valence-corrected chi connectivity index (χ0v) is 18.4. The predicted molar refractivity (Wildman–Crippen MR) is 117 cm³/mol. The van der Waals surface area contributed by atoms with E-state index in [1.165, 1.54) is 6.07 Å². The lowest BCUT2D eigenvalue weighted by atomic mass is 9.93. The molecule has 0 saturated carbocycles. The van der Waals surface area contributed by atoms with E-state index < -0.39 is 22.9 Å². The molecule has 2 atom stereocenters. The van der Waals surface area contributed by atoms with Crippen LogP contribution < -0.4 is 4.31 Å². The molecule has 0 aliphatic carbocycles. The summed E-state index contributed by atoms with van der Waals surface area (Å²) >= 11 is 15.4. The fourth-order valence-electron chi connectivity index (χ4n) is 3.07. The zero-order valence-electron chi connectivity index (χ0n) is 15.3. The molecule has 3 aromatic rings. The Bertz CT molecular complexity index is 1080. The third-order valence-electron chi connectivity index (χ3n) is 4.51. The van der Waals surface area contributed by atoms with Crippen molar-refractivity contribution in [3.05, 3.63) is 93.5 Å². The molecule has 0 amide bonds. The van der Waals surface area contributed by atoms with Crippen molar-refractivity contribution < 1.29 is 17.5 Å². The first-order valence-corrected chi connectivity index (χ1v) is 11.1. The minimum Gasteiger partial charge on any atom is -0.755 e. The molecule has 0 aliphatic rings. The van der Waals surface area contributed by atoms with Gasteiger partial charge < -0.3 is 4.55 Å². The van der Waals surface area contributed by atoms with Gasteiger partial charge in [-0.15, -0.1) is 11.6 Å². The average Bonchev–Trinajstić information content (AvgIpc) is 2.70. The second-order valence-electron chi connectivity index (χ2n) is 6.51. The molecule has 0 bridgehead atoms. The summed E-state index contributed by atoms with van der Waals surface area (Å²) in [7, 11) is 0. The molecule has 3 rings (SSSR count). The van der Waals surface area contributed by atoms with Crippen LogP contribution in [0.25, 0.3) is 0 Å². The van der Waals surface area contributed by atoms with E-state index in [9.17, 15) is 17.5 Å². The van der Waals surface area contributed by atoms with E-state index in [4.69, 9.17) is 34.8 Å². The van der Waals surface area contributed by atoms with Crippen molar-refractivity contribution in [2.45, 2.75) is 12.3 Å². The minimum atomic E-state index is -2.82. The van der Waals surface area contributed by atoms with Gasteiger partial charge in [0, 0.05) is 17.9 Å². The van der Waals surface area contributed by atoms with E-state index >= 15 is 0 Å². The maximum absolute atomic E-state index is 14.2. The van der Waals surface area contributed by atoms with Gasteiger partial charge >= 0.3 is 0 Å². The summed E-state index contributed by atoms with van der Waals surface area (Å²) in [6.07, 6.45) is 0.487. The van der Waals surface area contributed by atoms with E-state index in [2.05, 4.69) is 0 Å². The highest BCUT2D eigenvalue weighted by Gasteiger charge is 2.18. The summed E-state index contributed by atoms with van der Waals surface area (Å²) in [5.74, 6) is -1.59. The van der Waals surface area contributed by atoms with Gasteiger partial charge in [-0.25, -0.2) is 8.78 Å². The first-order valence-electron chi connectivity index (χ1n) is 8.74. The number of benzene rings is 3. The number of hydrogen-bond donors (Lipinski definition) is 0. The van der Waals surface area contributed by atoms with Crippen LogP contribution in [0.5, 0.6) is 0 Å². The van der Waals surface area contributed by atoms with Gasteiger partial charge in [-0.1, -0.05) is 41.4 Å². The normalized spacial score (nSPS) is 13.1. The maximum atomic E-state index is 14.2. The SMILES string of the molecule is O=S([O-])N(c1cccc(CC(CCl)c2ccc(Cl)c(Cl)c2)c1)c1ccc(F)cc1F. The molecular formula is C21H15Cl3F2NO2S-. The molecule has 0 saturated heterocycles. The average molecular weight is 490 g/mol. The van der Waals surface area contributed by atoms with Crippen molar-refractivity contribution in [3.8, 4) is 0 Å². The molecule has 0 aliphatic heterocycles. The summed E-state index contributed by atoms with van der Waals surface area (Å²) in [5, 5.41) is 0.850. The number of alkyl halides is 1. The smallest absolute Gasteiger partial charge is 0.150 e. The van der Waals surface area contributed by atoms with Gasteiger partial charge in [0.1, 0.15) is 5.82 Å². The van der Waals surface area contributed by atoms with Crippen LogP contribution in [0.4, 0.5) is 20.2 Å². The molecule has 3 nitrogen and oxygen atoms in total. The lowest BCUT2D eigenvalue weighted by Gasteiger charge is -2.27. The molecule has 0 spiro atoms. The molecule has 0 heterocycles. The van der Waals surface area contributed by atoms with Gasteiger partial charge in [0.15, 0.2) is 5.82 Å². The minimum absolute atomic E-state index is 0.106. The second kappa shape index (κ2) is 10.1. The molecule has 2 unspecified atom stereocenters. The molecule has 0 radical (unpaired) electrons. The Kier molecular flexibility index (Phi) is 7.71. The predicted octanol–water partition coefficient (Wildman–Crippen LogP) is 6.77. The Morgan fingerprint density at radius 1 is 1.00 bits per heavy atom. The number of hydrogen-bond acceptors (Lipinski definition) is 2. The molecule has 9 heteroatoms. The van der Waals surface area contributed by atoms with Gasteiger partial charge in [-0.2, -0.15) is 0 Å². The van der Waals surface area contributed by atoms with Crippen molar-refractivity contribution >= 4 is 57.4 Å². The van der Waals surface area contributed by atoms with Crippen LogP contribution in [0.2, 0.25) is 10.0 Å². The Morgan fingerprint density at radius 3 is 2.40 bits per heavy atom. The number of nitrogens with zero attached hydrogens (tertiary/aromatic N) is 1. The third-order valence-corrected chi connectivity index (χ3v) is 6.32. The highest BCUT2D eigenvalue weighted by molar-refractivity contribution is 7.81. The highest BCUT2D eigenvalue weighted by atomic mass is 35.5. The van der Waals surface area contributed by atoms with Crippen LogP contribution in [0.15, 0.2) is 60.7 Å². The van der Waals surface area contributed by atoms with Crippen molar-refractivity contribution in [2.24, 2.45) is 0 Å². The number of anilines is 2. The fraction of sp³-hybridized carbons (Fsp3) is 0.143. The molecule has 158 valence electrons. The summed E-state index contributed by atoms with van der Waals surface area (Å²) in [5.41, 5.74) is 1.61. The molecule has 30 heavy (non-hydrogen) atoms. The molecule has 0 fully saturated rings. The monoisotopic (exact) mass is 488 g/mol. The Balaban J connectivity index is 1.93.